The first-order valence-electron chi connectivity index (χ1n) is 7.38. The first-order chi connectivity index (χ1) is 10.7. The fourth-order valence-corrected chi connectivity index (χ4v) is 2.86. The summed E-state index contributed by atoms with van der Waals surface area (Å²) < 4.78 is 5.57. The molecule has 1 aromatic carbocycles. The van der Waals surface area contributed by atoms with Crippen molar-refractivity contribution in [1.82, 2.24) is 10.3 Å². The molecule has 0 unspecified atom stereocenters. The molecule has 0 aliphatic rings. The van der Waals surface area contributed by atoms with Crippen LogP contribution in [0.5, 0.6) is 5.75 Å². The van der Waals surface area contributed by atoms with E-state index in [0.29, 0.717) is 31.8 Å². The second-order valence-electron chi connectivity index (χ2n) is 4.71. The number of hydrogen-bond acceptors (Lipinski definition) is 5. The Hall–Kier alpha value is -1.92. The molecule has 0 atom stereocenters. The summed E-state index contributed by atoms with van der Waals surface area (Å²) >= 11 is 1.47. The number of benzene rings is 1. The maximum absolute atomic E-state index is 12.0. The lowest BCUT2D eigenvalue weighted by molar-refractivity contribution is 0.0949. The van der Waals surface area contributed by atoms with E-state index in [1.807, 2.05) is 31.2 Å². The van der Waals surface area contributed by atoms with Gasteiger partial charge >= 0.3 is 0 Å². The molecule has 0 bridgehead atoms. The lowest BCUT2D eigenvalue weighted by Gasteiger charge is -2.10. The summed E-state index contributed by atoms with van der Waals surface area (Å²) in [5.41, 5.74) is 7.04. The number of hydrogen-bond donors (Lipinski definition) is 2. The molecule has 0 saturated carbocycles. The van der Waals surface area contributed by atoms with Crippen LogP contribution in [0, 0.1) is 0 Å². The monoisotopic (exact) mass is 319 g/mol. The number of aromatic nitrogens is 1. The Morgan fingerprint density at radius 3 is 2.95 bits per heavy atom. The Morgan fingerprint density at radius 2 is 2.18 bits per heavy atom. The molecule has 2 rings (SSSR count). The minimum atomic E-state index is -0.145. The van der Waals surface area contributed by atoms with Crippen LogP contribution in [0.15, 0.2) is 29.6 Å². The van der Waals surface area contributed by atoms with Gasteiger partial charge in [0.15, 0.2) is 0 Å². The van der Waals surface area contributed by atoms with E-state index in [9.17, 15) is 4.79 Å². The number of para-hydroxylation sites is 1. The maximum Gasteiger partial charge on any atom is 0.270 e. The van der Waals surface area contributed by atoms with Crippen molar-refractivity contribution in [2.75, 3.05) is 19.7 Å². The lowest BCUT2D eigenvalue weighted by atomic mass is 10.1. The summed E-state index contributed by atoms with van der Waals surface area (Å²) in [7, 11) is 0. The summed E-state index contributed by atoms with van der Waals surface area (Å²) in [4.78, 5) is 16.3. The third-order valence-corrected chi connectivity index (χ3v) is 4.00. The molecule has 0 saturated heterocycles. The average Bonchev–Trinajstić information content (AvgIpc) is 2.98. The highest BCUT2D eigenvalue weighted by Crippen LogP contribution is 2.18. The van der Waals surface area contributed by atoms with Crippen molar-refractivity contribution in [2.24, 2.45) is 5.73 Å². The van der Waals surface area contributed by atoms with Crippen molar-refractivity contribution in [2.45, 2.75) is 19.8 Å². The summed E-state index contributed by atoms with van der Waals surface area (Å²) in [6.45, 7) is 3.68. The molecule has 6 heteroatoms. The van der Waals surface area contributed by atoms with Gasteiger partial charge in [-0.05, 0) is 31.5 Å². The van der Waals surface area contributed by atoms with Gasteiger partial charge < -0.3 is 15.8 Å². The van der Waals surface area contributed by atoms with E-state index in [-0.39, 0.29) is 5.91 Å². The number of nitrogens with one attached hydrogen (secondary N) is 1. The third kappa shape index (κ3) is 4.54. The molecule has 1 aromatic heterocycles. The van der Waals surface area contributed by atoms with Crippen molar-refractivity contribution in [3.8, 4) is 5.75 Å². The quantitative estimate of drug-likeness (QED) is 0.780. The maximum atomic E-state index is 12.0. The van der Waals surface area contributed by atoms with Gasteiger partial charge in [0.2, 0.25) is 0 Å². The van der Waals surface area contributed by atoms with E-state index < -0.39 is 0 Å². The highest BCUT2D eigenvalue weighted by Gasteiger charge is 2.10. The fourth-order valence-electron chi connectivity index (χ4n) is 2.06. The summed E-state index contributed by atoms with van der Waals surface area (Å²) in [6.07, 6.45) is 1.43. The molecule has 2 aromatic rings. The minimum absolute atomic E-state index is 0.145. The average molecular weight is 319 g/mol. The SMILES string of the molecule is CCOc1ccccc1CCNC(=O)c1csc(CCN)n1. The number of thiazole rings is 1. The second kappa shape index (κ2) is 8.51. The van der Waals surface area contributed by atoms with E-state index in [2.05, 4.69) is 10.3 Å². The fraction of sp³-hybridized carbons (Fsp3) is 0.375. The highest BCUT2D eigenvalue weighted by atomic mass is 32.1. The van der Waals surface area contributed by atoms with Crippen molar-refractivity contribution in [3.63, 3.8) is 0 Å². The highest BCUT2D eigenvalue weighted by molar-refractivity contribution is 7.09. The van der Waals surface area contributed by atoms with Gasteiger partial charge in [-0.3, -0.25) is 4.79 Å². The van der Waals surface area contributed by atoms with E-state index in [1.165, 1.54) is 11.3 Å². The van der Waals surface area contributed by atoms with Crippen molar-refractivity contribution < 1.29 is 9.53 Å². The van der Waals surface area contributed by atoms with Crippen molar-refractivity contribution in [1.29, 1.82) is 0 Å². The van der Waals surface area contributed by atoms with Gasteiger partial charge in [-0.2, -0.15) is 0 Å². The van der Waals surface area contributed by atoms with Crippen LogP contribution in [0.2, 0.25) is 0 Å². The number of ether oxygens (including phenoxy) is 1. The first-order valence-corrected chi connectivity index (χ1v) is 8.26. The van der Waals surface area contributed by atoms with Crippen LogP contribution in [-0.4, -0.2) is 30.6 Å². The second-order valence-corrected chi connectivity index (χ2v) is 5.65. The summed E-state index contributed by atoms with van der Waals surface area (Å²) in [5.74, 6) is 0.728. The lowest BCUT2D eigenvalue weighted by Crippen LogP contribution is -2.26. The molecular weight excluding hydrogens is 298 g/mol. The van der Waals surface area contributed by atoms with Crippen LogP contribution in [0.25, 0.3) is 0 Å². The number of carbonyl (C=O) groups is 1. The molecule has 3 N–H and O–H groups in total. The van der Waals surface area contributed by atoms with Gasteiger partial charge in [0, 0.05) is 18.3 Å². The molecule has 0 radical (unpaired) electrons. The molecular formula is C16H21N3O2S. The van der Waals surface area contributed by atoms with Crippen molar-refractivity contribution in [3.05, 3.63) is 45.9 Å². The number of rotatable bonds is 8. The van der Waals surface area contributed by atoms with Gasteiger partial charge in [-0.25, -0.2) is 4.98 Å². The molecule has 22 heavy (non-hydrogen) atoms. The predicted octanol–water partition coefficient (Wildman–Crippen LogP) is 2.02. The zero-order valence-electron chi connectivity index (χ0n) is 12.7. The smallest absolute Gasteiger partial charge is 0.270 e. The Kier molecular flexibility index (Phi) is 6.36. The molecule has 0 spiro atoms. The summed E-state index contributed by atoms with van der Waals surface area (Å²) in [6, 6.07) is 7.88. The normalized spacial score (nSPS) is 10.5. The molecule has 0 aliphatic carbocycles. The molecule has 118 valence electrons. The number of amides is 1. The van der Waals surface area contributed by atoms with Crippen LogP contribution in [-0.2, 0) is 12.8 Å². The standard InChI is InChI=1S/C16H21N3O2S/c1-2-21-14-6-4-3-5-12(14)8-10-18-16(20)13-11-22-15(19-13)7-9-17/h3-6,11H,2,7-10,17H2,1H3,(H,18,20). The van der Waals surface area contributed by atoms with Crippen LogP contribution in [0.4, 0.5) is 0 Å². The van der Waals surface area contributed by atoms with E-state index >= 15 is 0 Å². The Balaban J connectivity index is 1.86. The zero-order chi connectivity index (χ0) is 15.8. The van der Waals surface area contributed by atoms with Crippen LogP contribution in [0.1, 0.15) is 28.0 Å². The topological polar surface area (TPSA) is 77.2 Å². The predicted molar refractivity (Wildman–Crippen MR) is 88.5 cm³/mol. The van der Waals surface area contributed by atoms with E-state index in [0.717, 1.165) is 22.7 Å². The largest absolute Gasteiger partial charge is 0.494 e. The molecule has 1 heterocycles. The van der Waals surface area contributed by atoms with Gasteiger partial charge in [-0.15, -0.1) is 11.3 Å². The Morgan fingerprint density at radius 1 is 1.36 bits per heavy atom. The Labute approximate surface area is 134 Å². The van der Waals surface area contributed by atoms with Crippen LogP contribution >= 0.6 is 11.3 Å². The number of nitrogens with two attached hydrogens (primary N) is 1. The first kappa shape index (κ1) is 16.5. The van der Waals surface area contributed by atoms with Crippen molar-refractivity contribution >= 4 is 17.2 Å². The zero-order valence-corrected chi connectivity index (χ0v) is 13.5. The van der Waals surface area contributed by atoms with Gasteiger partial charge in [-0.1, -0.05) is 18.2 Å². The Bertz CT molecular complexity index is 613. The molecule has 5 nitrogen and oxygen atoms in total. The number of nitrogens with zero attached hydrogens (tertiary/aromatic N) is 1. The van der Waals surface area contributed by atoms with Crippen LogP contribution < -0.4 is 15.8 Å². The van der Waals surface area contributed by atoms with E-state index in [4.69, 9.17) is 10.5 Å². The molecule has 0 fully saturated rings. The molecule has 0 aliphatic heterocycles. The van der Waals surface area contributed by atoms with Gasteiger partial charge in [0.25, 0.3) is 5.91 Å². The number of carbonyl (C=O) groups excluding carboxylic acids is 1. The minimum Gasteiger partial charge on any atom is -0.494 e. The van der Waals surface area contributed by atoms with E-state index in [1.54, 1.807) is 5.38 Å². The molecule has 1 amide bonds. The summed E-state index contributed by atoms with van der Waals surface area (Å²) in [5, 5.41) is 5.56. The van der Waals surface area contributed by atoms with Crippen LogP contribution in [0.3, 0.4) is 0 Å². The third-order valence-electron chi connectivity index (χ3n) is 3.09. The van der Waals surface area contributed by atoms with Gasteiger partial charge in [0.05, 0.1) is 11.6 Å². The van der Waals surface area contributed by atoms with Gasteiger partial charge in [0.1, 0.15) is 11.4 Å².